The number of aromatic nitrogens is 4. The van der Waals surface area contributed by atoms with E-state index >= 15 is 0 Å². The number of benzene rings is 1. The van der Waals surface area contributed by atoms with Gasteiger partial charge in [-0.2, -0.15) is 0 Å². The third-order valence-corrected chi connectivity index (χ3v) is 8.80. The molecule has 9 nitrogen and oxygen atoms in total. The maximum atomic E-state index is 13.2. The third-order valence-electron chi connectivity index (χ3n) is 8.80. The Labute approximate surface area is 208 Å². The van der Waals surface area contributed by atoms with E-state index in [0.717, 1.165) is 18.4 Å². The van der Waals surface area contributed by atoms with Gasteiger partial charge in [0, 0.05) is 19.0 Å². The van der Waals surface area contributed by atoms with E-state index in [-0.39, 0.29) is 41.5 Å². The van der Waals surface area contributed by atoms with Crippen molar-refractivity contribution in [3.05, 3.63) is 62.6 Å². The molecule has 4 aliphatic rings. The fourth-order valence-electron chi connectivity index (χ4n) is 7.44. The quantitative estimate of drug-likeness (QED) is 0.449. The molecule has 0 radical (unpaired) electrons. The van der Waals surface area contributed by atoms with Crippen LogP contribution in [0.3, 0.4) is 0 Å². The number of carboxylic acid groups (broad SMARTS) is 1. The lowest BCUT2D eigenvalue weighted by Crippen LogP contribution is -2.40. The molecule has 0 amide bonds. The van der Waals surface area contributed by atoms with E-state index in [1.54, 1.807) is 4.57 Å². The standard InChI is InChI=1S/C27H32N4O5/c1-3-10-30-23-21(24(32)31(11-4-2)26(30)35)28-22(29-23)19-17-12-16-18(19)20(16)27(17,25(33)34)14-36-13-15-8-6-5-7-9-15/h5-9,16-20H,3-4,10-14H2,1-2H3,(H,28,29)(H,33,34). The van der Waals surface area contributed by atoms with Crippen LogP contribution < -0.4 is 11.2 Å². The van der Waals surface area contributed by atoms with E-state index in [1.165, 1.54) is 4.57 Å². The second-order valence-corrected chi connectivity index (χ2v) is 10.7. The molecular formula is C27H32N4O5. The molecule has 4 bridgehead atoms. The number of rotatable bonds is 10. The highest BCUT2D eigenvalue weighted by Crippen LogP contribution is 2.82. The Morgan fingerprint density at radius 2 is 1.89 bits per heavy atom. The number of aromatic amines is 1. The first-order chi connectivity index (χ1) is 17.4. The molecule has 4 fully saturated rings. The number of imidazole rings is 1. The fourth-order valence-corrected chi connectivity index (χ4v) is 7.44. The summed E-state index contributed by atoms with van der Waals surface area (Å²) in [6, 6.07) is 9.77. The van der Waals surface area contributed by atoms with Gasteiger partial charge in [0.15, 0.2) is 5.65 Å². The normalized spacial score (nSPS) is 29.8. The number of hydrogen-bond donors (Lipinski definition) is 2. The summed E-state index contributed by atoms with van der Waals surface area (Å²) in [5.41, 5.74) is 0.117. The van der Waals surface area contributed by atoms with Crippen LogP contribution in [0.1, 0.15) is 50.4 Å². The molecule has 0 aliphatic heterocycles. The summed E-state index contributed by atoms with van der Waals surface area (Å²) in [6.07, 6.45) is 2.25. The van der Waals surface area contributed by atoms with Gasteiger partial charge in [-0.05, 0) is 48.5 Å². The van der Waals surface area contributed by atoms with Gasteiger partial charge in [0.2, 0.25) is 0 Å². The van der Waals surface area contributed by atoms with E-state index in [9.17, 15) is 19.5 Å². The molecule has 0 spiro atoms. The van der Waals surface area contributed by atoms with Gasteiger partial charge in [0.25, 0.3) is 5.56 Å². The largest absolute Gasteiger partial charge is 0.481 e. The zero-order valence-electron chi connectivity index (χ0n) is 20.6. The molecule has 2 aromatic heterocycles. The summed E-state index contributed by atoms with van der Waals surface area (Å²) in [5, 5.41) is 10.4. The van der Waals surface area contributed by atoms with Gasteiger partial charge in [-0.15, -0.1) is 0 Å². The molecule has 1 aromatic carbocycles. The van der Waals surface area contributed by atoms with Gasteiger partial charge in [0.1, 0.15) is 11.3 Å². The van der Waals surface area contributed by atoms with Crippen LogP contribution in [0.2, 0.25) is 0 Å². The van der Waals surface area contributed by atoms with Crippen molar-refractivity contribution in [1.82, 2.24) is 19.1 Å². The van der Waals surface area contributed by atoms with Crippen molar-refractivity contribution < 1.29 is 14.6 Å². The van der Waals surface area contributed by atoms with Crippen LogP contribution in [0.5, 0.6) is 0 Å². The van der Waals surface area contributed by atoms with Gasteiger partial charge < -0.3 is 14.8 Å². The first-order valence-electron chi connectivity index (χ1n) is 13.0. The molecule has 36 heavy (non-hydrogen) atoms. The summed E-state index contributed by atoms with van der Waals surface area (Å²) >= 11 is 0. The van der Waals surface area contributed by atoms with E-state index in [2.05, 4.69) is 4.98 Å². The number of aryl methyl sites for hydroxylation is 1. The minimum Gasteiger partial charge on any atom is -0.481 e. The van der Waals surface area contributed by atoms with Crippen LogP contribution in [0.15, 0.2) is 39.9 Å². The number of carboxylic acids is 1. The summed E-state index contributed by atoms with van der Waals surface area (Å²) < 4.78 is 8.90. The predicted molar refractivity (Wildman–Crippen MR) is 133 cm³/mol. The second kappa shape index (κ2) is 8.44. The van der Waals surface area contributed by atoms with Crippen molar-refractivity contribution in [2.75, 3.05) is 6.61 Å². The number of fused-ring (bicyclic) bond motifs is 1. The van der Waals surface area contributed by atoms with Crippen LogP contribution in [0.4, 0.5) is 0 Å². The number of nitrogens with one attached hydrogen (secondary N) is 1. The Hall–Kier alpha value is -3.20. The highest BCUT2D eigenvalue weighted by molar-refractivity contribution is 5.79. The summed E-state index contributed by atoms with van der Waals surface area (Å²) in [5.74, 6) is 0.275. The monoisotopic (exact) mass is 492 g/mol. The summed E-state index contributed by atoms with van der Waals surface area (Å²) in [6.45, 7) is 5.28. The Balaban J connectivity index is 1.36. The lowest BCUT2D eigenvalue weighted by Gasteiger charge is -2.30. The Morgan fingerprint density at radius 1 is 1.17 bits per heavy atom. The second-order valence-electron chi connectivity index (χ2n) is 10.7. The van der Waals surface area contributed by atoms with E-state index in [4.69, 9.17) is 9.72 Å². The van der Waals surface area contributed by atoms with Gasteiger partial charge in [-0.1, -0.05) is 44.2 Å². The molecule has 3 aromatic rings. The van der Waals surface area contributed by atoms with Crippen LogP contribution in [0, 0.1) is 29.1 Å². The first-order valence-corrected chi connectivity index (χ1v) is 13.0. The van der Waals surface area contributed by atoms with Crippen molar-refractivity contribution in [3.63, 3.8) is 0 Å². The number of hydrogen-bond acceptors (Lipinski definition) is 5. The van der Waals surface area contributed by atoms with Gasteiger partial charge >= 0.3 is 11.7 Å². The Morgan fingerprint density at radius 3 is 2.56 bits per heavy atom. The lowest BCUT2D eigenvalue weighted by atomic mass is 9.76. The van der Waals surface area contributed by atoms with Gasteiger partial charge in [0.05, 0.1) is 18.6 Å². The minimum atomic E-state index is -0.945. The lowest BCUT2D eigenvalue weighted by molar-refractivity contribution is -0.157. The molecular weight excluding hydrogens is 460 g/mol. The topological polar surface area (TPSA) is 119 Å². The molecule has 190 valence electrons. The van der Waals surface area contributed by atoms with Crippen molar-refractivity contribution in [3.8, 4) is 0 Å². The maximum absolute atomic E-state index is 13.2. The highest BCUT2D eigenvalue weighted by atomic mass is 16.5. The van der Waals surface area contributed by atoms with Crippen molar-refractivity contribution in [1.29, 1.82) is 0 Å². The SMILES string of the molecule is CCCn1c(=O)c2[nH]c(C3C4C5CC3C(COCc3ccccc3)(C(=O)O)C54)nc2n(CCC)c1=O. The number of nitrogens with zero attached hydrogens (tertiary/aromatic N) is 3. The highest BCUT2D eigenvalue weighted by Gasteiger charge is 2.83. The first kappa shape index (κ1) is 23.2. The van der Waals surface area contributed by atoms with E-state index < -0.39 is 11.4 Å². The summed E-state index contributed by atoms with van der Waals surface area (Å²) in [7, 11) is 0. The molecule has 6 atom stereocenters. The number of H-pyrrole nitrogens is 1. The van der Waals surface area contributed by atoms with Crippen molar-refractivity contribution >= 4 is 17.1 Å². The zero-order chi connectivity index (χ0) is 25.2. The number of aliphatic carboxylic acids is 1. The minimum absolute atomic E-state index is 0.0589. The number of carbonyl (C=O) groups is 1. The molecule has 4 saturated carbocycles. The molecule has 4 aliphatic carbocycles. The molecule has 0 saturated heterocycles. The van der Waals surface area contributed by atoms with Gasteiger partial charge in [-0.25, -0.2) is 9.78 Å². The summed E-state index contributed by atoms with van der Waals surface area (Å²) in [4.78, 5) is 47.1. The average molecular weight is 493 g/mol. The van der Waals surface area contributed by atoms with E-state index in [1.807, 2.05) is 44.2 Å². The van der Waals surface area contributed by atoms with Crippen molar-refractivity contribution in [2.24, 2.45) is 29.1 Å². The van der Waals surface area contributed by atoms with Crippen LogP contribution in [0.25, 0.3) is 11.2 Å². The third kappa shape index (κ3) is 3.11. The molecule has 2 N–H and O–H groups in total. The average Bonchev–Trinajstić information content (AvgIpc) is 3.24. The fraction of sp³-hybridized carbons (Fsp3) is 0.556. The Kier molecular flexibility index (Phi) is 5.44. The molecule has 2 heterocycles. The molecule has 9 heteroatoms. The molecule has 7 rings (SSSR count). The van der Waals surface area contributed by atoms with Crippen LogP contribution >= 0.6 is 0 Å². The number of ether oxygens (including phenoxy) is 1. The van der Waals surface area contributed by atoms with Crippen LogP contribution in [-0.4, -0.2) is 36.8 Å². The smallest absolute Gasteiger partial charge is 0.332 e. The van der Waals surface area contributed by atoms with Crippen LogP contribution in [-0.2, 0) is 29.2 Å². The van der Waals surface area contributed by atoms with Crippen molar-refractivity contribution in [2.45, 2.75) is 58.7 Å². The predicted octanol–water partition coefficient (Wildman–Crippen LogP) is 2.97. The molecule has 6 unspecified atom stereocenters. The maximum Gasteiger partial charge on any atom is 0.332 e. The zero-order valence-corrected chi connectivity index (χ0v) is 20.6. The Bertz CT molecular complexity index is 1440. The van der Waals surface area contributed by atoms with Gasteiger partial charge in [-0.3, -0.25) is 18.7 Å². The van der Waals surface area contributed by atoms with E-state index in [0.29, 0.717) is 49.0 Å².